The molecular weight excluding hydrogens is 218 g/mol. The molecule has 88 valence electrons. The Bertz CT molecular complexity index is 328. The van der Waals surface area contributed by atoms with Crippen LogP contribution in [0.1, 0.15) is 26.7 Å². The highest BCUT2D eigenvalue weighted by atomic mass is 32.2. The lowest BCUT2D eigenvalue weighted by Crippen LogP contribution is -2.49. The van der Waals surface area contributed by atoms with Gasteiger partial charge in [-0.15, -0.1) is 0 Å². The van der Waals surface area contributed by atoms with Gasteiger partial charge in [0.05, 0.1) is 11.5 Å². The first-order valence-electron chi connectivity index (χ1n) is 4.94. The van der Waals surface area contributed by atoms with Crippen molar-refractivity contribution in [3.05, 3.63) is 0 Å². The van der Waals surface area contributed by atoms with Crippen molar-refractivity contribution in [2.45, 2.75) is 38.3 Å². The number of sulfone groups is 1. The maximum atomic E-state index is 11.4. The summed E-state index contributed by atoms with van der Waals surface area (Å²) in [5.41, 5.74) is -1.41. The van der Waals surface area contributed by atoms with Gasteiger partial charge in [0.15, 0.2) is 0 Å². The summed E-state index contributed by atoms with van der Waals surface area (Å²) in [6.45, 7) is 2.81. The van der Waals surface area contributed by atoms with Gasteiger partial charge in [-0.25, -0.2) is 8.42 Å². The minimum Gasteiger partial charge on any atom is -0.381 e. The first-order valence-corrected chi connectivity index (χ1v) is 6.76. The average Bonchev–Trinajstić information content (AvgIpc) is 2.07. The molecule has 0 aromatic rings. The van der Waals surface area contributed by atoms with E-state index in [0.717, 1.165) is 0 Å². The largest absolute Gasteiger partial charge is 0.381 e. The quantitative estimate of drug-likeness (QED) is 0.672. The SMILES string of the molecule is CC(C)(O)C(=O)NC1CCS(=O)(=O)CC1. The molecule has 1 saturated heterocycles. The van der Waals surface area contributed by atoms with Crippen LogP contribution in [-0.2, 0) is 14.6 Å². The summed E-state index contributed by atoms with van der Waals surface area (Å²) in [5.74, 6) is -0.222. The van der Waals surface area contributed by atoms with E-state index in [9.17, 15) is 18.3 Å². The molecule has 1 amide bonds. The molecule has 1 aliphatic heterocycles. The van der Waals surface area contributed by atoms with Crippen LogP contribution in [0, 0.1) is 0 Å². The Morgan fingerprint density at radius 1 is 1.33 bits per heavy atom. The van der Waals surface area contributed by atoms with Crippen LogP contribution >= 0.6 is 0 Å². The molecule has 1 heterocycles. The normalized spacial score (nSPS) is 22.3. The van der Waals surface area contributed by atoms with E-state index < -0.39 is 21.3 Å². The van der Waals surface area contributed by atoms with Crippen molar-refractivity contribution in [1.82, 2.24) is 5.32 Å². The fourth-order valence-corrected chi connectivity index (χ4v) is 2.89. The number of carbonyl (C=O) groups excluding carboxylic acids is 1. The van der Waals surface area contributed by atoms with Crippen LogP contribution in [0.3, 0.4) is 0 Å². The molecule has 0 spiro atoms. The zero-order valence-corrected chi connectivity index (χ0v) is 9.80. The maximum Gasteiger partial charge on any atom is 0.251 e. The summed E-state index contributed by atoms with van der Waals surface area (Å²) >= 11 is 0. The summed E-state index contributed by atoms with van der Waals surface area (Å²) in [6.07, 6.45) is 0.869. The highest BCUT2D eigenvalue weighted by Crippen LogP contribution is 2.13. The number of nitrogens with one attached hydrogen (secondary N) is 1. The van der Waals surface area contributed by atoms with Gasteiger partial charge in [-0.2, -0.15) is 0 Å². The second-order valence-electron chi connectivity index (χ2n) is 4.46. The Morgan fingerprint density at radius 2 is 1.80 bits per heavy atom. The van der Waals surface area contributed by atoms with Crippen LogP contribution in [0.4, 0.5) is 0 Å². The highest BCUT2D eigenvalue weighted by molar-refractivity contribution is 7.91. The molecule has 6 heteroatoms. The summed E-state index contributed by atoms with van der Waals surface area (Å²) < 4.78 is 22.2. The smallest absolute Gasteiger partial charge is 0.251 e. The van der Waals surface area contributed by atoms with E-state index in [1.807, 2.05) is 0 Å². The highest BCUT2D eigenvalue weighted by Gasteiger charge is 2.29. The topological polar surface area (TPSA) is 83.5 Å². The van der Waals surface area contributed by atoms with Gasteiger partial charge in [-0.1, -0.05) is 0 Å². The molecule has 0 saturated carbocycles. The first kappa shape index (κ1) is 12.4. The molecule has 0 atom stereocenters. The Morgan fingerprint density at radius 3 is 2.20 bits per heavy atom. The van der Waals surface area contributed by atoms with Gasteiger partial charge in [0, 0.05) is 6.04 Å². The second kappa shape index (κ2) is 4.09. The van der Waals surface area contributed by atoms with E-state index in [1.54, 1.807) is 0 Å². The van der Waals surface area contributed by atoms with Gasteiger partial charge < -0.3 is 10.4 Å². The molecule has 0 unspecified atom stereocenters. The van der Waals surface area contributed by atoms with E-state index in [4.69, 9.17) is 0 Å². The molecule has 1 aliphatic rings. The first-order chi connectivity index (χ1) is 6.71. The summed E-state index contributed by atoms with van der Waals surface area (Å²) in [5, 5.41) is 12.0. The van der Waals surface area contributed by atoms with Crippen LogP contribution in [0.2, 0.25) is 0 Å². The van der Waals surface area contributed by atoms with E-state index in [-0.39, 0.29) is 17.5 Å². The molecule has 5 nitrogen and oxygen atoms in total. The number of aliphatic hydroxyl groups is 1. The molecular formula is C9H17NO4S. The minimum absolute atomic E-state index is 0.115. The minimum atomic E-state index is -2.90. The van der Waals surface area contributed by atoms with Crippen molar-refractivity contribution < 1.29 is 18.3 Å². The van der Waals surface area contributed by atoms with Crippen molar-refractivity contribution in [2.24, 2.45) is 0 Å². The third-order valence-electron chi connectivity index (χ3n) is 2.45. The van der Waals surface area contributed by atoms with E-state index in [2.05, 4.69) is 5.32 Å². The zero-order chi connectivity index (χ0) is 11.7. The van der Waals surface area contributed by atoms with Crippen LogP contribution in [-0.4, -0.2) is 42.6 Å². The fraction of sp³-hybridized carbons (Fsp3) is 0.889. The number of hydrogen-bond acceptors (Lipinski definition) is 4. The molecule has 1 fully saturated rings. The van der Waals surface area contributed by atoms with Crippen LogP contribution in [0.5, 0.6) is 0 Å². The second-order valence-corrected chi connectivity index (χ2v) is 6.76. The summed E-state index contributed by atoms with van der Waals surface area (Å²) in [7, 11) is -2.90. The molecule has 1 rings (SSSR count). The average molecular weight is 235 g/mol. The standard InChI is InChI=1S/C9H17NO4S/c1-9(2,12)8(11)10-7-3-5-15(13,14)6-4-7/h7,12H,3-6H2,1-2H3,(H,10,11). The summed E-state index contributed by atoms with van der Waals surface area (Å²) in [4.78, 5) is 11.4. The predicted molar refractivity (Wildman–Crippen MR) is 56.1 cm³/mol. The zero-order valence-electron chi connectivity index (χ0n) is 8.99. The van der Waals surface area contributed by atoms with Crippen molar-refractivity contribution >= 4 is 15.7 Å². The number of carbonyl (C=O) groups is 1. The van der Waals surface area contributed by atoms with Gasteiger partial charge in [-0.3, -0.25) is 4.79 Å². The van der Waals surface area contributed by atoms with Gasteiger partial charge in [-0.05, 0) is 26.7 Å². The third kappa shape index (κ3) is 3.79. The summed E-state index contributed by atoms with van der Waals surface area (Å²) in [6, 6.07) is -0.132. The van der Waals surface area contributed by atoms with Crippen molar-refractivity contribution in [1.29, 1.82) is 0 Å². The van der Waals surface area contributed by atoms with Crippen LogP contribution in [0.25, 0.3) is 0 Å². The lowest BCUT2D eigenvalue weighted by molar-refractivity contribution is -0.137. The van der Waals surface area contributed by atoms with Crippen LogP contribution in [0.15, 0.2) is 0 Å². The molecule has 0 radical (unpaired) electrons. The van der Waals surface area contributed by atoms with Crippen molar-refractivity contribution in [3.63, 3.8) is 0 Å². The maximum absolute atomic E-state index is 11.4. The Balaban J connectivity index is 2.47. The fourth-order valence-electron chi connectivity index (χ4n) is 1.40. The Hall–Kier alpha value is -0.620. The van der Waals surface area contributed by atoms with Gasteiger partial charge >= 0.3 is 0 Å². The number of hydrogen-bond donors (Lipinski definition) is 2. The van der Waals surface area contributed by atoms with Gasteiger partial charge in [0.25, 0.3) is 5.91 Å². The molecule has 0 aromatic heterocycles. The van der Waals surface area contributed by atoms with Crippen molar-refractivity contribution in [2.75, 3.05) is 11.5 Å². The number of rotatable bonds is 2. The van der Waals surface area contributed by atoms with E-state index >= 15 is 0 Å². The van der Waals surface area contributed by atoms with Crippen molar-refractivity contribution in [3.8, 4) is 0 Å². The van der Waals surface area contributed by atoms with E-state index in [0.29, 0.717) is 12.8 Å². The molecule has 0 aliphatic carbocycles. The lowest BCUT2D eigenvalue weighted by Gasteiger charge is -2.26. The Labute approximate surface area is 89.8 Å². The molecule has 2 N–H and O–H groups in total. The molecule has 15 heavy (non-hydrogen) atoms. The monoisotopic (exact) mass is 235 g/mol. The van der Waals surface area contributed by atoms with Crippen LogP contribution < -0.4 is 5.32 Å². The van der Waals surface area contributed by atoms with E-state index in [1.165, 1.54) is 13.8 Å². The Kier molecular flexibility index (Phi) is 3.40. The van der Waals surface area contributed by atoms with Gasteiger partial charge in [0.2, 0.25) is 0 Å². The molecule has 0 bridgehead atoms. The predicted octanol–water partition coefficient (Wildman–Crippen LogP) is -0.549. The molecule has 0 aromatic carbocycles. The number of amides is 1. The van der Waals surface area contributed by atoms with Gasteiger partial charge in [0.1, 0.15) is 15.4 Å². The lowest BCUT2D eigenvalue weighted by atomic mass is 10.1. The third-order valence-corrected chi connectivity index (χ3v) is 4.16.